The molecule has 1 heterocycles. The fourth-order valence-corrected chi connectivity index (χ4v) is 8.07. The van der Waals surface area contributed by atoms with Crippen molar-refractivity contribution in [2.45, 2.75) is 115 Å². The summed E-state index contributed by atoms with van der Waals surface area (Å²) < 4.78 is 14.1. The quantitative estimate of drug-likeness (QED) is 0.106. The maximum atomic E-state index is 14.1. The Labute approximate surface area is 280 Å². The molecule has 1 aromatic rings. The van der Waals surface area contributed by atoms with E-state index in [1.807, 2.05) is 37.8 Å². The third kappa shape index (κ3) is 7.57. The van der Waals surface area contributed by atoms with E-state index in [0.717, 1.165) is 68.2 Å². The molecule has 1 aliphatic heterocycles. The van der Waals surface area contributed by atoms with Crippen LogP contribution in [0, 0.1) is 23.7 Å². The SMILES string of the molecule is C=CCOC12Oc3ccc(O)cc3C3C(CCCCO)C(CCCCO)C=C(C(=NOC(C)(C)C)CC1N(CCC)C(=O)C1CC1)C32. The van der Waals surface area contributed by atoms with Gasteiger partial charge in [0.05, 0.1) is 18.2 Å². The van der Waals surface area contributed by atoms with Crippen LogP contribution in [0.15, 0.2) is 47.7 Å². The van der Waals surface area contributed by atoms with Crippen molar-refractivity contribution >= 4 is 11.6 Å². The summed E-state index contributed by atoms with van der Waals surface area (Å²) >= 11 is 0. The van der Waals surface area contributed by atoms with Gasteiger partial charge in [-0.25, -0.2) is 0 Å². The topological polar surface area (TPSA) is 121 Å². The van der Waals surface area contributed by atoms with Gasteiger partial charge in [0.1, 0.15) is 23.1 Å². The predicted octanol–water partition coefficient (Wildman–Crippen LogP) is 6.47. The van der Waals surface area contributed by atoms with E-state index < -0.39 is 17.4 Å². The minimum absolute atomic E-state index is 0.0123. The molecule has 6 atom stereocenters. The molecule has 1 amide bonds. The zero-order valence-electron chi connectivity index (χ0n) is 28.8. The number of phenolic OH excluding ortho intramolecular Hbond substituents is 1. The Morgan fingerprint density at radius 2 is 1.87 bits per heavy atom. The first-order chi connectivity index (χ1) is 22.6. The number of benzene rings is 1. The Morgan fingerprint density at radius 1 is 1.15 bits per heavy atom. The first kappa shape index (κ1) is 35.4. The number of allylic oxidation sites excluding steroid dienone is 1. The summed E-state index contributed by atoms with van der Waals surface area (Å²) in [7, 11) is 0. The third-order valence-corrected chi connectivity index (χ3v) is 10.1. The normalized spacial score (nSPS) is 28.9. The molecule has 9 heteroatoms. The first-order valence-corrected chi connectivity index (χ1v) is 17.8. The van der Waals surface area contributed by atoms with Gasteiger partial charge < -0.3 is 34.5 Å². The molecule has 9 nitrogen and oxygen atoms in total. The number of carbonyl (C=O) groups excluding carboxylic acids is 1. The highest BCUT2D eigenvalue weighted by Crippen LogP contribution is 2.62. The molecule has 0 spiro atoms. The summed E-state index contributed by atoms with van der Waals surface area (Å²) in [5.41, 5.74) is 2.21. The summed E-state index contributed by atoms with van der Waals surface area (Å²) in [5, 5.41) is 35.1. The van der Waals surface area contributed by atoms with E-state index in [9.17, 15) is 20.1 Å². The number of nitrogens with zero attached hydrogens (tertiary/aromatic N) is 2. The van der Waals surface area contributed by atoms with Gasteiger partial charge in [0.2, 0.25) is 11.7 Å². The molecule has 5 rings (SSSR count). The van der Waals surface area contributed by atoms with Gasteiger partial charge in [-0.05, 0) is 101 Å². The average Bonchev–Trinajstić information content (AvgIpc) is 3.89. The number of amides is 1. The van der Waals surface area contributed by atoms with Gasteiger partial charge in [-0.1, -0.05) is 37.1 Å². The van der Waals surface area contributed by atoms with Gasteiger partial charge in [0.15, 0.2) is 0 Å². The molecule has 2 fully saturated rings. The van der Waals surface area contributed by atoms with Gasteiger partial charge in [-0.3, -0.25) is 4.79 Å². The Bertz CT molecular complexity index is 1320. The van der Waals surface area contributed by atoms with Crippen LogP contribution in [-0.4, -0.2) is 75.6 Å². The number of carbonyl (C=O) groups is 1. The van der Waals surface area contributed by atoms with Gasteiger partial charge in [-0.15, -0.1) is 6.58 Å². The molecular formula is C38H56N2O7. The lowest BCUT2D eigenvalue weighted by atomic mass is 9.55. The van der Waals surface area contributed by atoms with Crippen LogP contribution in [0.25, 0.3) is 0 Å². The van der Waals surface area contributed by atoms with Crippen molar-refractivity contribution in [1.29, 1.82) is 0 Å². The van der Waals surface area contributed by atoms with Crippen LogP contribution < -0.4 is 4.74 Å². The van der Waals surface area contributed by atoms with E-state index in [-0.39, 0.29) is 61.1 Å². The third-order valence-electron chi connectivity index (χ3n) is 10.1. The smallest absolute Gasteiger partial charge is 0.239 e. The summed E-state index contributed by atoms with van der Waals surface area (Å²) in [4.78, 5) is 22.3. The Balaban J connectivity index is 1.77. The van der Waals surface area contributed by atoms with Crippen molar-refractivity contribution in [3.05, 3.63) is 48.1 Å². The van der Waals surface area contributed by atoms with E-state index in [2.05, 4.69) is 19.6 Å². The van der Waals surface area contributed by atoms with Gasteiger partial charge >= 0.3 is 0 Å². The summed E-state index contributed by atoms with van der Waals surface area (Å²) in [6.07, 6.45) is 11.9. The monoisotopic (exact) mass is 652 g/mol. The second-order valence-electron chi connectivity index (χ2n) is 14.8. The van der Waals surface area contributed by atoms with Crippen LogP contribution >= 0.6 is 0 Å². The van der Waals surface area contributed by atoms with Crippen LogP contribution in [0.1, 0.15) is 103 Å². The van der Waals surface area contributed by atoms with Gasteiger partial charge in [-0.2, -0.15) is 0 Å². The number of hydrogen-bond donors (Lipinski definition) is 3. The second-order valence-corrected chi connectivity index (χ2v) is 14.8. The molecule has 4 aliphatic rings. The van der Waals surface area contributed by atoms with Crippen molar-refractivity contribution in [3.63, 3.8) is 0 Å². The molecule has 6 unspecified atom stereocenters. The van der Waals surface area contributed by atoms with E-state index >= 15 is 0 Å². The predicted molar refractivity (Wildman–Crippen MR) is 182 cm³/mol. The number of aliphatic hydroxyl groups excluding tert-OH is 2. The Kier molecular flexibility index (Phi) is 11.4. The van der Waals surface area contributed by atoms with Crippen molar-refractivity contribution in [2.24, 2.45) is 28.8 Å². The highest BCUT2D eigenvalue weighted by atomic mass is 16.7. The highest BCUT2D eigenvalue weighted by molar-refractivity contribution is 6.03. The van der Waals surface area contributed by atoms with Crippen LogP contribution in [0.3, 0.4) is 0 Å². The van der Waals surface area contributed by atoms with Crippen LogP contribution in [0.5, 0.6) is 11.5 Å². The molecule has 1 aromatic carbocycles. The van der Waals surface area contributed by atoms with Crippen LogP contribution in [-0.2, 0) is 14.4 Å². The fraction of sp³-hybridized carbons (Fsp3) is 0.684. The number of phenols is 1. The van der Waals surface area contributed by atoms with Crippen molar-refractivity contribution in [2.75, 3.05) is 26.4 Å². The van der Waals surface area contributed by atoms with E-state index in [1.54, 1.807) is 12.1 Å². The van der Waals surface area contributed by atoms with E-state index in [4.69, 9.17) is 19.5 Å². The molecule has 260 valence electrons. The first-order valence-electron chi connectivity index (χ1n) is 17.8. The number of fused-ring (bicyclic) bond motifs is 2. The standard InChI is InChI=1S/C38H56N2O7/c1-6-18-40(36(44)25-14-15-25)33-24-31(39-47-37(3,4)5)29-22-26(12-8-10-19-41)28(13-9-11-20-42)34-30-23-27(43)16-17-32(30)46-38(33,35(29)34)45-21-7-2/h7,16-17,22-23,25-26,28,33-35,41-43H,2,6,8-15,18-21,24H2,1,3-5H3. The molecule has 0 bridgehead atoms. The van der Waals surface area contributed by atoms with Crippen LogP contribution in [0.4, 0.5) is 0 Å². The molecular weight excluding hydrogens is 596 g/mol. The molecule has 0 aromatic heterocycles. The highest BCUT2D eigenvalue weighted by Gasteiger charge is 2.65. The minimum Gasteiger partial charge on any atom is -0.508 e. The van der Waals surface area contributed by atoms with Crippen molar-refractivity contribution < 1.29 is 34.4 Å². The van der Waals surface area contributed by atoms with E-state index in [0.29, 0.717) is 25.1 Å². The fourth-order valence-electron chi connectivity index (χ4n) is 8.07. The Morgan fingerprint density at radius 3 is 2.51 bits per heavy atom. The maximum absolute atomic E-state index is 14.1. The van der Waals surface area contributed by atoms with E-state index in [1.165, 1.54) is 0 Å². The largest absolute Gasteiger partial charge is 0.508 e. The maximum Gasteiger partial charge on any atom is 0.239 e. The molecule has 0 radical (unpaired) electrons. The number of ether oxygens (including phenoxy) is 2. The molecule has 0 saturated heterocycles. The average molecular weight is 653 g/mol. The number of oxime groups is 1. The van der Waals surface area contributed by atoms with Gasteiger partial charge in [0, 0.05) is 43.6 Å². The number of aliphatic hydroxyl groups is 2. The van der Waals surface area contributed by atoms with Crippen LogP contribution in [0.2, 0.25) is 0 Å². The zero-order chi connectivity index (χ0) is 33.8. The number of aromatic hydroxyl groups is 1. The minimum atomic E-state index is -1.24. The number of unbranched alkanes of at least 4 members (excludes halogenated alkanes) is 2. The van der Waals surface area contributed by atoms with Gasteiger partial charge in [0.25, 0.3) is 0 Å². The Hall–Kier alpha value is -2.88. The number of rotatable bonds is 16. The zero-order valence-corrected chi connectivity index (χ0v) is 28.8. The summed E-state index contributed by atoms with van der Waals surface area (Å²) in [6, 6.07) is 4.84. The summed E-state index contributed by atoms with van der Waals surface area (Å²) in [5.74, 6) is -0.460. The lowest BCUT2D eigenvalue weighted by molar-refractivity contribution is -0.257. The molecule has 3 aliphatic carbocycles. The number of hydrogen-bond acceptors (Lipinski definition) is 8. The lowest BCUT2D eigenvalue weighted by Crippen LogP contribution is -2.70. The molecule has 3 N–H and O–H groups in total. The molecule has 2 saturated carbocycles. The summed E-state index contributed by atoms with van der Waals surface area (Å²) in [6.45, 7) is 13.1. The second kappa shape index (κ2) is 15.1. The van der Waals surface area contributed by atoms with Crippen molar-refractivity contribution in [3.8, 4) is 11.5 Å². The van der Waals surface area contributed by atoms with Crippen molar-refractivity contribution in [1.82, 2.24) is 4.90 Å². The molecule has 47 heavy (non-hydrogen) atoms. The lowest BCUT2D eigenvalue weighted by Gasteiger charge is -2.60.